The van der Waals surface area contributed by atoms with Gasteiger partial charge in [-0.25, -0.2) is 8.42 Å². The summed E-state index contributed by atoms with van der Waals surface area (Å²) >= 11 is 0. The van der Waals surface area contributed by atoms with Crippen molar-refractivity contribution < 1.29 is 17.9 Å². The van der Waals surface area contributed by atoms with Crippen LogP contribution in [0.1, 0.15) is 76.0 Å². The van der Waals surface area contributed by atoms with E-state index >= 15 is 0 Å². The molecule has 6 heteroatoms. The van der Waals surface area contributed by atoms with Crippen molar-refractivity contribution in [3.63, 3.8) is 0 Å². The third-order valence-corrected chi connectivity index (χ3v) is 8.88. The van der Waals surface area contributed by atoms with Gasteiger partial charge in [-0.2, -0.15) is 0 Å². The van der Waals surface area contributed by atoms with Gasteiger partial charge in [0.05, 0.1) is 10.9 Å². The normalized spacial score (nSPS) is 19.3. The minimum atomic E-state index is -3.78. The molecule has 1 unspecified atom stereocenters. The van der Waals surface area contributed by atoms with Gasteiger partial charge in [0.15, 0.2) is 11.5 Å². The smallest absolute Gasteiger partial charge is 0.264 e. The molecule has 178 valence electrons. The lowest BCUT2D eigenvalue weighted by atomic mass is 9.70. The number of benzene rings is 2. The molecule has 0 amide bonds. The van der Waals surface area contributed by atoms with Crippen molar-refractivity contribution in [3.05, 3.63) is 65.9 Å². The van der Waals surface area contributed by atoms with E-state index in [2.05, 4.69) is 20.4 Å². The first-order chi connectivity index (χ1) is 15.8. The number of ether oxygens (including phenoxy) is 2. The molecule has 0 radical (unpaired) electrons. The number of hydrogen-bond acceptors (Lipinski definition) is 4. The van der Waals surface area contributed by atoms with E-state index in [1.807, 2.05) is 37.3 Å². The van der Waals surface area contributed by atoms with Gasteiger partial charge in [-0.3, -0.25) is 4.31 Å². The Kier molecular flexibility index (Phi) is 6.76. The van der Waals surface area contributed by atoms with Crippen LogP contribution in [0.5, 0.6) is 11.5 Å². The second kappa shape index (κ2) is 9.41. The topological polar surface area (TPSA) is 55.8 Å². The molecule has 2 heterocycles. The Labute approximate surface area is 198 Å². The fourth-order valence-corrected chi connectivity index (χ4v) is 7.08. The Balaban J connectivity index is 1.86. The van der Waals surface area contributed by atoms with Crippen molar-refractivity contribution in [2.45, 2.75) is 76.7 Å². The molecule has 0 aromatic heterocycles. The maximum absolute atomic E-state index is 14.0. The summed E-state index contributed by atoms with van der Waals surface area (Å²) in [7, 11) is -3.78. The van der Waals surface area contributed by atoms with Gasteiger partial charge in [0.2, 0.25) is 6.79 Å². The van der Waals surface area contributed by atoms with E-state index in [1.54, 1.807) is 16.4 Å². The van der Waals surface area contributed by atoms with E-state index in [9.17, 15) is 8.42 Å². The molecule has 33 heavy (non-hydrogen) atoms. The van der Waals surface area contributed by atoms with Gasteiger partial charge in [0.25, 0.3) is 10.0 Å². The molecular weight excluding hydrogens is 434 g/mol. The number of fused-ring (bicyclic) bond motifs is 1. The quantitative estimate of drug-likeness (QED) is 0.408. The number of nitrogens with zero attached hydrogens (tertiary/aromatic N) is 1. The SMILES string of the molecule is C=C1CC(CCCC)(CCCC)C(c2ccc3c(c2)OCO3)N1S(=O)(=O)c1ccc(C)cc1. The van der Waals surface area contributed by atoms with Gasteiger partial charge in [-0.1, -0.05) is 69.9 Å². The Bertz CT molecular complexity index is 1100. The van der Waals surface area contributed by atoms with Crippen LogP contribution in [0.2, 0.25) is 0 Å². The predicted octanol–water partition coefficient (Wildman–Crippen LogP) is 6.74. The van der Waals surface area contributed by atoms with Crippen molar-refractivity contribution in [1.82, 2.24) is 4.31 Å². The van der Waals surface area contributed by atoms with E-state index in [0.29, 0.717) is 28.5 Å². The van der Waals surface area contributed by atoms with Gasteiger partial charge in [0, 0.05) is 11.1 Å². The molecule has 2 aliphatic heterocycles. The molecular formula is C27H35NO4S. The zero-order chi connectivity index (χ0) is 23.6. The largest absolute Gasteiger partial charge is 0.454 e. The first-order valence-electron chi connectivity index (χ1n) is 12.0. The van der Waals surface area contributed by atoms with E-state index in [1.165, 1.54) is 0 Å². The first-order valence-corrected chi connectivity index (χ1v) is 13.4. The van der Waals surface area contributed by atoms with Crippen LogP contribution in [-0.2, 0) is 10.0 Å². The number of unbranched alkanes of at least 4 members (excludes halogenated alkanes) is 2. The van der Waals surface area contributed by atoms with Crippen molar-refractivity contribution in [2.75, 3.05) is 6.79 Å². The van der Waals surface area contributed by atoms with E-state index < -0.39 is 10.0 Å². The van der Waals surface area contributed by atoms with Gasteiger partial charge >= 0.3 is 0 Å². The molecule has 0 bridgehead atoms. The lowest BCUT2D eigenvalue weighted by Crippen LogP contribution is -2.36. The molecule has 0 saturated carbocycles. The van der Waals surface area contributed by atoms with Gasteiger partial charge < -0.3 is 9.47 Å². The van der Waals surface area contributed by atoms with Crippen molar-refractivity contribution >= 4 is 10.0 Å². The monoisotopic (exact) mass is 469 g/mol. The Hall–Kier alpha value is -2.47. The van der Waals surface area contributed by atoms with Crippen LogP contribution in [0.25, 0.3) is 0 Å². The zero-order valence-electron chi connectivity index (χ0n) is 20.0. The third-order valence-electron chi connectivity index (χ3n) is 7.03. The molecule has 5 nitrogen and oxygen atoms in total. The molecule has 0 N–H and O–H groups in total. The number of rotatable bonds is 9. The highest BCUT2D eigenvalue weighted by molar-refractivity contribution is 7.89. The summed E-state index contributed by atoms with van der Waals surface area (Å²) in [6.07, 6.45) is 6.84. The summed E-state index contributed by atoms with van der Waals surface area (Å²) in [5, 5.41) is 0. The maximum atomic E-state index is 14.0. The highest BCUT2D eigenvalue weighted by Crippen LogP contribution is 2.59. The fraction of sp³-hybridized carbons (Fsp3) is 0.481. The van der Waals surface area contributed by atoms with E-state index in [-0.39, 0.29) is 18.2 Å². The minimum absolute atomic E-state index is 0.193. The van der Waals surface area contributed by atoms with E-state index in [0.717, 1.165) is 49.7 Å². The van der Waals surface area contributed by atoms with Crippen molar-refractivity contribution in [3.8, 4) is 11.5 Å². The molecule has 1 saturated heterocycles. The molecule has 2 aromatic rings. The second-order valence-corrected chi connectivity index (χ2v) is 11.3. The van der Waals surface area contributed by atoms with Crippen LogP contribution < -0.4 is 9.47 Å². The van der Waals surface area contributed by atoms with Crippen LogP contribution >= 0.6 is 0 Å². The highest BCUT2D eigenvalue weighted by atomic mass is 32.2. The molecule has 1 fully saturated rings. The van der Waals surface area contributed by atoms with Crippen LogP contribution in [-0.4, -0.2) is 19.5 Å². The summed E-state index contributed by atoms with van der Waals surface area (Å²) < 4.78 is 40.8. The zero-order valence-corrected chi connectivity index (χ0v) is 20.8. The van der Waals surface area contributed by atoms with Crippen LogP contribution in [0.4, 0.5) is 0 Å². The summed E-state index contributed by atoms with van der Waals surface area (Å²) in [6, 6.07) is 12.6. The molecule has 1 atom stereocenters. The second-order valence-electron chi connectivity index (χ2n) is 9.44. The highest BCUT2D eigenvalue weighted by Gasteiger charge is 2.53. The Morgan fingerprint density at radius 2 is 1.64 bits per heavy atom. The number of hydrogen-bond donors (Lipinski definition) is 0. The molecule has 2 aromatic carbocycles. The fourth-order valence-electron chi connectivity index (χ4n) is 5.35. The third kappa shape index (κ3) is 4.37. The standard InChI is InChI=1S/C27H35NO4S/c1-5-7-15-27(16-8-6-2)18-21(4)28(33(29,30)23-12-9-20(3)10-13-23)26(27)22-11-14-24-25(17-22)32-19-31-24/h9-14,17,26H,4-8,15-16,18-19H2,1-3H3. The summed E-state index contributed by atoms with van der Waals surface area (Å²) in [5.41, 5.74) is 2.45. The van der Waals surface area contributed by atoms with Crippen LogP contribution in [0.3, 0.4) is 0 Å². The van der Waals surface area contributed by atoms with Gasteiger partial charge in [0.1, 0.15) is 0 Å². The number of aryl methyl sites for hydroxylation is 1. The average Bonchev–Trinajstić information content (AvgIpc) is 3.38. The number of allylic oxidation sites excluding steroid dienone is 1. The summed E-state index contributed by atoms with van der Waals surface area (Å²) in [4.78, 5) is 0.307. The summed E-state index contributed by atoms with van der Waals surface area (Å²) in [5.74, 6) is 1.38. The lowest BCUT2D eigenvalue weighted by molar-refractivity contribution is 0.166. The molecule has 0 aliphatic carbocycles. The average molecular weight is 470 g/mol. The Morgan fingerprint density at radius 3 is 2.27 bits per heavy atom. The van der Waals surface area contributed by atoms with Crippen LogP contribution in [0.15, 0.2) is 59.6 Å². The van der Waals surface area contributed by atoms with Crippen molar-refractivity contribution in [1.29, 1.82) is 0 Å². The number of sulfonamides is 1. The van der Waals surface area contributed by atoms with E-state index in [4.69, 9.17) is 9.47 Å². The molecule has 0 spiro atoms. The molecule has 4 rings (SSSR count). The van der Waals surface area contributed by atoms with Crippen LogP contribution in [0, 0.1) is 12.3 Å². The maximum Gasteiger partial charge on any atom is 0.264 e. The van der Waals surface area contributed by atoms with Crippen molar-refractivity contribution in [2.24, 2.45) is 5.41 Å². The minimum Gasteiger partial charge on any atom is -0.454 e. The summed E-state index contributed by atoms with van der Waals surface area (Å²) in [6.45, 7) is 10.8. The van der Waals surface area contributed by atoms with Gasteiger partial charge in [-0.15, -0.1) is 0 Å². The predicted molar refractivity (Wildman–Crippen MR) is 131 cm³/mol. The lowest BCUT2D eigenvalue weighted by Gasteiger charge is -2.39. The molecule has 2 aliphatic rings. The Morgan fingerprint density at radius 1 is 1.00 bits per heavy atom. The van der Waals surface area contributed by atoms with Gasteiger partial charge in [-0.05, 0) is 56.0 Å². The first kappa shape index (κ1) is 23.7.